The number of esters is 1. The van der Waals surface area contributed by atoms with E-state index in [2.05, 4.69) is 49.8 Å². The summed E-state index contributed by atoms with van der Waals surface area (Å²) in [7, 11) is -5.23. The molecule has 0 saturated carbocycles. The lowest BCUT2D eigenvalue weighted by Crippen LogP contribution is -2.66. The summed E-state index contributed by atoms with van der Waals surface area (Å²) in [5.41, 5.74) is 0.977. The molecule has 3 aromatic carbocycles. The van der Waals surface area contributed by atoms with Crippen molar-refractivity contribution in [2.75, 3.05) is 20.3 Å². The number of sulfonamides is 1. The van der Waals surface area contributed by atoms with E-state index in [9.17, 15) is 13.2 Å². The van der Waals surface area contributed by atoms with Gasteiger partial charge in [-0.2, -0.15) is 0 Å². The van der Waals surface area contributed by atoms with Crippen LogP contribution < -0.4 is 15.1 Å². The fourth-order valence-corrected chi connectivity index (χ4v) is 11.6. The molecule has 41 heavy (non-hydrogen) atoms. The summed E-state index contributed by atoms with van der Waals surface area (Å²) in [5, 5.41) is 2.15. The van der Waals surface area contributed by atoms with E-state index in [4.69, 9.17) is 13.9 Å². The fraction of sp³-hybridized carbons (Fsp3) is 0.406. The van der Waals surface area contributed by atoms with Gasteiger partial charge >= 0.3 is 5.97 Å². The number of methoxy groups -OCH3 is 1. The lowest BCUT2D eigenvalue weighted by molar-refractivity contribution is -0.143. The zero-order valence-electron chi connectivity index (χ0n) is 24.5. The maximum absolute atomic E-state index is 13.3. The number of nitrogens with one attached hydrogen (secondary N) is 1. The maximum atomic E-state index is 13.3. The Kier molecular flexibility index (Phi) is 9.87. The average Bonchev–Trinajstić information content (AvgIpc) is 3.31. The van der Waals surface area contributed by atoms with Crippen LogP contribution in [0.3, 0.4) is 0 Å². The molecule has 1 aliphatic rings. The topological polar surface area (TPSA) is 90.9 Å². The Labute approximate surface area is 245 Å². The van der Waals surface area contributed by atoms with Gasteiger partial charge < -0.3 is 13.9 Å². The van der Waals surface area contributed by atoms with Gasteiger partial charge in [0.25, 0.3) is 8.32 Å². The first-order valence-corrected chi connectivity index (χ1v) is 17.4. The third-order valence-electron chi connectivity index (χ3n) is 7.90. The van der Waals surface area contributed by atoms with Crippen LogP contribution in [-0.2, 0) is 28.7 Å². The van der Waals surface area contributed by atoms with Crippen LogP contribution in [0.1, 0.15) is 39.2 Å². The zero-order valence-corrected chi connectivity index (χ0v) is 26.3. The molecule has 4 rings (SSSR count). The van der Waals surface area contributed by atoms with Crippen LogP contribution in [0.4, 0.5) is 0 Å². The molecule has 1 saturated heterocycles. The average molecular weight is 596 g/mol. The second kappa shape index (κ2) is 13.0. The van der Waals surface area contributed by atoms with Crippen molar-refractivity contribution < 1.29 is 27.1 Å². The minimum Gasteiger partial charge on any atom is -0.469 e. The van der Waals surface area contributed by atoms with E-state index < -0.39 is 36.5 Å². The Morgan fingerprint density at radius 3 is 2.02 bits per heavy atom. The van der Waals surface area contributed by atoms with Crippen LogP contribution >= 0.6 is 0 Å². The molecule has 0 aromatic heterocycles. The third-order valence-corrected chi connectivity index (χ3v) is 14.5. The molecule has 0 unspecified atom stereocenters. The van der Waals surface area contributed by atoms with Crippen LogP contribution in [0.2, 0.25) is 5.04 Å². The largest absolute Gasteiger partial charge is 0.469 e. The monoisotopic (exact) mass is 595 g/mol. The molecule has 0 amide bonds. The number of carbonyl (C=O) groups is 1. The van der Waals surface area contributed by atoms with Gasteiger partial charge in [0.05, 0.1) is 37.2 Å². The Morgan fingerprint density at radius 2 is 1.51 bits per heavy atom. The molecule has 1 fully saturated rings. The van der Waals surface area contributed by atoms with Crippen molar-refractivity contribution in [3.63, 3.8) is 0 Å². The Morgan fingerprint density at radius 1 is 0.951 bits per heavy atom. The number of carbonyl (C=O) groups excluding carboxylic acids is 1. The third kappa shape index (κ3) is 6.98. The van der Waals surface area contributed by atoms with Crippen molar-refractivity contribution in [3.8, 4) is 0 Å². The van der Waals surface area contributed by atoms with Crippen LogP contribution in [0.25, 0.3) is 0 Å². The Bertz CT molecular complexity index is 1350. The van der Waals surface area contributed by atoms with Gasteiger partial charge in [0.1, 0.15) is 0 Å². The zero-order chi connectivity index (χ0) is 29.7. The summed E-state index contributed by atoms with van der Waals surface area (Å²) in [4.78, 5) is 12.4. The van der Waals surface area contributed by atoms with Crippen molar-refractivity contribution >= 4 is 34.7 Å². The van der Waals surface area contributed by atoms with Gasteiger partial charge in [0, 0.05) is 12.5 Å². The molecule has 0 bridgehead atoms. The lowest BCUT2D eigenvalue weighted by Gasteiger charge is -2.43. The molecule has 1 N–H and O–H groups in total. The number of hydrogen-bond acceptors (Lipinski definition) is 6. The molecule has 0 spiro atoms. The molecule has 1 heterocycles. The standard InChI is InChI=1S/C32H41NO6SSi/c1-24-16-18-25(19-17-24)40(35,36)33-29-23-38-30(22-31(34)37-5)28(29)20-21-39-41(32(2,3)4,26-12-8-6-9-13-26)27-14-10-7-11-15-27/h6-19,28-30,33H,20-23H2,1-5H3/t28-,29+,30-/m0/s1. The highest BCUT2D eigenvalue weighted by Gasteiger charge is 2.50. The summed E-state index contributed by atoms with van der Waals surface area (Å²) in [6.07, 6.45) is 0.0621. The molecular formula is C32H41NO6SSi. The molecule has 3 aromatic rings. The van der Waals surface area contributed by atoms with Crippen LogP contribution in [0.15, 0.2) is 89.8 Å². The molecule has 1 aliphatic heterocycles. The quantitative estimate of drug-likeness (QED) is 0.264. The molecule has 0 radical (unpaired) electrons. The summed E-state index contributed by atoms with van der Waals surface area (Å²) >= 11 is 0. The molecule has 9 heteroatoms. The summed E-state index contributed by atoms with van der Waals surface area (Å²) < 4.78 is 47.4. The summed E-state index contributed by atoms with van der Waals surface area (Å²) in [5.74, 6) is -0.678. The van der Waals surface area contributed by atoms with Crippen molar-refractivity contribution in [2.45, 2.75) is 62.6 Å². The van der Waals surface area contributed by atoms with E-state index in [1.165, 1.54) is 17.5 Å². The number of ether oxygens (including phenoxy) is 2. The van der Waals surface area contributed by atoms with Crippen molar-refractivity contribution in [3.05, 3.63) is 90.5 Å². The van der Waals surface area contributed by atoms with Gasteiger partial charge in [-0.05, 0) is 40.9 Å². The Hall–Kier alpha value is -2.82. The molecule has 7 nitrogen and oxygen atoms in total. The predicted molar refractivity (Wildman–Crippen MR) is 163 cm³/mol. The molecule has 220 valence electrons. The van der Waals surface area contributed by atoms with Gasteiger partial charge in [-0.25, -0.2) is 13.1 Å². The first-order valence-electron chi connectivity index (χ1n) is 14.0. The highest BCUT2D eigenvalue weighted by atomic mass is 32.2. The second-order valence-corrected chi connectivity index (χ2v) is 17.7. The molecule has 3 atom stereocenters. The minimum atomic E-state index is -3.79. The SMILES string of the molecule is COC(=O)C[C@@H]1OC[C@@H](NS(=O)(=O)c2ccc(C)cc2)[C@@H]1CCO[Si](c1ccccc1)(c1ccccc1)C(C)(C)C. The smallest absolute Gasteiger partial charge is 0.308 e. The number of benzene rings is 3. The maximum Gasteiger partial charge on any atom is 0.308 e. The van der Waals surface area contributed by atoms with E-state index in [1.54, 1.807) is 24.3 Å². The van der Waals surface area contributed by atoms with Gasteiger partial charge in [-0.15, -0.1) is 0 Å². The van der Waals surface area contributed by atoms with E-state index in [0.29, 0.717) is 13.0 Å². The van der Waals surface area contributed by atoms with Crippen LogP contribution in [0, 0.1) is 12.8 Å². The lowest BCUT2D eigenvalue weighted by atomic mass is 9.92. The fourth-order valence-electron chi connectivity index (χ4n) is 5.79. The van der Waals surface area contributed by atoms with E-state index in [1.807, 2.05) is 43.3 Å². The van der Waals surface area contributed by atoms with E-state index in [0.717, 1.165) is 5.56 Å². The van der Waals surface area contributed by atoms with Crippen molar-refractivity contribution in [1.82, 2.24) is 4.72 Å². The number of hydrogen-bond donors (Lipinski definition) is 1. The van der Waals surface area contributed by atoms with Gasteiger partial charge in [-0.1, -0.05) is 99.1 Å². The number of rotatable bonds is 11. The summed E-state index contributed by atoms with van der Waals surface area (Å²) in [6.45, 7) is 9.11. The first kappa shape index (κ1) is 31.1. The molecule has 0 aliphatic carbocycles. The first-order chi connectivity index (χ1) is 19.5. The molecular weight excluding hydrogens is 555 g/mol. The van der Waals surface area contributed by atoms with Crippen LogP contribution in [-0.4, -0.2) is 55.2 Å². The highest BCUT2D eigenvalue weighted by molar-refractivity contribution is 7.89. The Balaban J connectivity index is 1.62. The van der Waals surface area contributed by atoms with E-state index >= 15 is 0 Å². The van der Waals surface area contributed by atoms with Gasteiger partial charge in [0.15, 0.2) is 0 Å². The number of aryl methyl sites for hydroxylation is 1. The van der Waals surface area contributed by atoms with Gasteiger partial charge in [0.2, 0.25) is 10.0 Å². The van der Waals surface area contributed by atoms with Crippen molar-refractivity contribution in [1.29, 1.82) is 0 Å². The summed E-state index contributed by atoms with van der Waals surface area (Å²) in [6, 6.07) is 27.0. The van der Waals surface area contributed by atoms with Crippen LogP contribution in [0.5, 0.6) is 0 Å². The van der Waals surface area contributed by atoms with Crippen molar-refractivity contribution in [2.24, 2.45) is 5.92 Å². The van der Waals surface area contributed by atoms with Gasteiger partial charge in [-0.3, -0.25) is 4.79 Å². The van der Waals surface area contributed by atoms with E-state index in [-0.39, 0.29) is 28.9 Å². The predicted octanol–water partition coefficient (Wildman–Crippen LogP) is 4.19. The minimum absolute atomic E-state index is 0.0448. The second-order valence-electron chi connectivity index (χ2n) is 11.7. The highest BCUT2D eigenvalue weighted by Crippen LogP contribution is 2.37. The normalized spacial score (nSPS) is 19.7.